The molecule has 0 aromatic carbocycles. The number of hydrogen-bond donors (Lipinski definition) is 3. The Balaban J connectivity index is 1.93. The molecule has 1 fully saturated rings. The first-order valence-electron chi connectivity index (χ1n) is 6.01. The molecule has 1 rings (SSSR count). The van der Waals surface area contributed by atoms with Crippen molar-refractivity contribution in [3.63, 3.8) is 0 Å². The van der Waals surface area contributed by atoms with Gasteiger partial charge in [-0.2, -0.15) is 0 Å². The van der Waals surface area contributed by atoms with Gasteiger partial charge in [-0.1, -0.05) is 0 Å². The highest BCUT2D eigenvalue weighted by molar-refractivity contribution is 5.74. The third-order valence-corrected chi connectivity index (χ3v) is 2.78. The molecule has 1 heterocycles. The summed E-state index contributed by atoms with van der Waals surface area (Å²) in [6, 6.07) is 1.14. The molecule has 0 aromatic rings. The van der Waals surface area contributed by atoms with E-state index < -0.39 is 5.91 Å². The zero-order valence-electron chi connectivity index (χ0n) is 10.00. The van der Waals surface area contributed by atoms with Crippen molar-refractivity contribution in [3.05, 3.63) is 0 Å². The van der Waals surface area contributed by atoms with E-state index in [0.29, 0.717) is 18.7 Å². The van der Waals surface area contributed by atoms with Gasteiger partial charge in [0.25, 0.3) is 0 Å². The van der Waals surface area contributed by atoms with E-state index >= 15 is 0 Å². The van der Waals surface area contributed by atoms with Gasteiger partial charge < -0.3 is 21.1 Å². The maximum atomic E-state index is 10.4. The average molecular weight is 229 g/mol. The molecular formula is C11H23N3O2. The van der Waals surface area contributed by atoms with Crippen molar-refractivity contribution >= 4 is 5.91 Å². The van der Waals surface area contributed by atoms with Gasteiger partial charge in [0, 0.05) is 18.6 Å². The van der Waals surface area contributed by atoms with Crippen LogP contribution >= 0.6 is 0 Å². The molecular weight excluding hydrogens is 206 g/mol. The van der Waals surface area contributed by atoms with Crippen LogP contribution in [0, 0.1) is 0 Å². The lowest BCUT2D eigenvalue weighted by Crippen LogP contribution is -2.35. The molecule has 1 saturated heterocycles. The van der Waals surface area contributed by atoms with Gasteiger partial charge in [-0.3, -0.25) is 4.79 Å². The molecule has 2 unspecified atom stereocenters. The minimum atomic E-state index is -0.414. The molecule has 0 bridgehead atoms. The first kappa shape index (κ1) is 13.4. The van der Waals surface area contributed by atoms with Crippen LogP contribution in [0.1, 0.15) is 26.2 Å². The smallest absolute Gasteiger partial charge is 0.243 e. The van der Waals surface area contributed by atoms with Crippen LogP contribution in [-0.4, -0.2) is 44.3 Å². The van der Waals surface area contributed by atoms with Crippen molar-refractivity contribution in [2.45, 2.75) is 38.3 Å². The second-order valence-corrected chi connectivity index (χ2v) is 4.40. The zero-order valence-corrected chi connectivity index (χ0v) is 10.00. The van der Waals surface area contributed by atoms with Gasteiger partial charge in [0.1, 0.15) is 6.61 Å². The summed E-state index contributed by atoms with van der Waals surface area (Å²) in [6.45, 7) is 4.64. The molecule has 0 radical (unpaired) electrons. The SMILES string of the molecule is CC(CC1CCCN1)NCCOCC(N)=O. The summed E-state index contributed by atoms with van der Waals surface area (Å²) in [7, 11) is 0. The Labute approximate surface area is 97.1 Å². The van der Waals surface area contributed by atoms with E-state index in [4.69, 9.17) is 10.5 Å². The predicted molar refractivity (Wildman–Crippen MR) is 63.1 cm³/mol. The van der Waals surface area contributed by atoms with Crippen molar-refractivity contribution in [3.8, 4) is 0 Å². The van der Waals surface area contributed by atoms with E-state index in [1.54, 1.807) is 0 Å². The van der Waals surface area contributed by atoms with E-state index in [9.17, 15) is 4.79 Å². The number of carbonyl (C=O) groups excluding carboxylic acids is 1. The van der Waals surface area contributed by atoms with Gasteiger partial charge in [-0.05, 0) is 32.7 Å². The van der Waals surface area contributed by atoms with Crippen molar-refractivity contribution < 1.29 is 9.53 Å². The number of ether oxygens (including phenoxy) is 1. The highest BCUT2D eigenvalue weighted by Gasteiger charge is 2.16. The predicted octanol–water partition coefficient (Wildman–Crippen LogP) is -0.391. The normalized spacial score (nSPS) is 22.2. The standard InChI is InChI=1S/C11H23N3O2/c1-9(7-10-3-2-4-14-10)13-5-6-16-8-11(12)15/h9-10,13-14H,2-8H2,1H3,(H2,12,15). The minimum absolute atomic E-state index is 0.0141. The van der Waals surface area contributed by atoms with Crippen molar-refractivity contribution in [1.82, 2.24) is 10.6 Å². The quantitative estimate of drug-likeness (QED) is 0.495. The molecule has 1 amide bonds. The minimum Gasteiger partial charge on any atom is -0.370 e. The summed E-state index contributed by atoms with van der Waals surface area (Å²) < 4.78 is 5.06. The number of nitrogens with one attached hydrogen (secondary N) is 2. The molecule has 0 spiro atoms. The Morgan fingerprint density at radius 1 is 1.69 bits per heavy atom. The molecule has 4 N–H and O–H groups in total. The molecule has 2 atom stereocenters. The van der Waals surface area contributed by atoms with Crippen LogP contribution in [0.3, 0.4) is 0 Å². The lowest BCUT2D eigenvalue weighted by Gasteiger charge is -2.18. The topological polar surface area (TPSA) is 76.4 Å². The van der Waals surface area contributed by atoms with Crippen LogP contribution in [0.25, 0.3) is 0 Å². The summed E-state index contributed by atoms with van der Waals surface area (Å²) in [6.07, 6.45) is 3.72. The fourth-order valence-electron chi connectivity index (χ4n) is 2.02. The van der Waals surface area contributed by atoms with Crippen LogP contribution in [0.5, 0.6) is 0 Å². The molecule has 0 aliphatic carbocycles. The van der Waals surface area contributed by atoms with Gasteiger partial charge >= 0.3 is 0 Å². The Morgan fingerprint density at radius 3 is 3.12 bits per heavy atom. The maximum Gasteiger partial charge on any atom is 0.243 e. The Morgan fingerprint density at radius 2 is 2.50 bits per heavy atom. The largest absolute Gasteiger partial charge is 0.370 e. The van der Waals surface area contributed by atoms with Gasteiger partial charge in [0.2, 0.25) is 5.91 Å². The van der Waals surface area contributed by atoms with Crippen LogP contribution in [-0.2, 0) is 9.53 Å². The number of primary amides is 1. The first-order valence-corrected chi connectivity index (χ1v) is 6.01. The highest BCUT2D eigenvalue weighted by atomic mass is 16.5. The van der Waals surface area contributed by atoms with E-state index in [-0.39, 0.29) is 6.61 Å². The first-order chi connectivity index (χ1) is 7.68. The number of nitrogens with two attached hydrogens (primary N) is 1. The summed E-state index contributed by atoms with van der Waals surface area (Å²) in [5.41, 5.74) is 4.95. The summed E-state index contributed by atoms with van der Waals surface area (Å²) >= 11 is 0. The van der Waals surface area contributed by atoms with Gasteiger partial charge in [0.05, 0.1) is 6.61 Å². The molecule has 1 aliphatic rings. The van der Waals surface area contributed by atoms with Crippen LogP contribution in [0.2, 0.25) is 0 Å². The van der Waals surface area contributed by atoms with E-state index in [2.05, 4.69) is 17.6 Å². The fraction of sp³-hybridized carbons (Fsp3) is 0.909. The molecule has 94 valence electrons. The van der Waals surface area contributed by atoms with Crippen molar-refractivity contribution in [1.29, 1.82) is 0 Å². The highest BCUT2D eigenvalue weighted by Crippen LogP contribution is 2.10. The molecule has 5 heteroatoms. The lowest BCUT2D eigenvalue weighted by molar-refractivity contribution is -0.122. The number of hydrogen-bond acceptors (Lipinski definition) is 4. The maximum absolute atomic E-state index is 10.4. The third kappa shape index (κ3) is 6.05. The Bertz CT molecular complexity index is 205. The zero-order chi connectivity index (χ0) is 11.8. The van der Waals surface area contributed by atoms with Crippen molar-refractivity contribution in [2.75, 3.05) is 26.3 Å². The van der Waals surface area contributed by atoms with Gasteiger partial charge in [-0.25, -0.2) is 0 Å². The fourth-order valence-corrected chi connectivity index (χ4v) is 2.02. The van der Waals surface area contributed by atoms with E-state index in [1.807, 2.05) is 0 Å². The van der Waals surface area contributed by atoms with Gasteiger partial charge in [-0.15, -0.1) is 0 Å². The second-order valence-electron chi connectivity index (χ2n) is 4.40. The summed E-state index contributed by atoms with van der Waals surface area (Å²) in [4.78, 5) is 10.4. The molecule has 5 nitrogen and oxygen atoms in total. The Hall–Kier alpha value is -0.650. The monoisotopic (exact) mass is 229 g/mol. The van der Waals surface area contributed by atoms with Crippen LogP contribution in [0.15, 0.2) is 0 Å². The Kier molecular flexibility index (Phi) is 6.37. The molecule has 0 aromatic heterocycles. The van der Waals surface area contributed by atoms with E-state index in [0.717, 1.165) is 19.5 Å². The van der Waals surface area contributed by atoms with Crippen LogP contribution in [0.4, 0.5) is 0 Å². The summed E-state index contributed by atoms with van der Waals surface area (Å²) in [5, 5.41) is 6.84. The number of carbonyl (C=O) groups is 1. The average Bonchev–Trinajstić information content (AvgIpc) is 2.69. The molecule has 1 aliphatic heterocycles. The molecule has 0 saturated carbocycles. The number of amides is 1. The molecule has 16 heavy (non-hydrogen) atoms. The van der Waals surface area contributed by atoms with E-state index in [1.165, 1.54) is 12.8 Å². The number of rotatable bonds is 8. The van der Waals surface area contributed by atoms with Crippen molar-refractivity contribution in [2.24, 2.45) is 5.73 Å². The second kappa shape index (κ2) is 7.60. The third-order valence-electron chi connectivity index (χ3n) is 2.78. The van der Waals surface area contributed by atoms with Crippen LogP contribution < -0.4 is 16.4 Å². The van der Waals surface area contributed by atoms with Gasteiger partial charge in [0.15, 0.2) is 0 Å². The lowest BCUT2D eigenvalue weighted by atomic mass is 10.1. The summed E-state index contributed by atoms with van der Waals surface area (Å²) in [5.74, 6) is -0.414.